The van der Waals surface area contributed by atoms with Gasteiger partial charge in [-0.2, -0.15) is 13.2 Å². The summed E-state index contributed by atoms with van der Waals surface area (Å²) in [5.41, 5.74) is 0. The minimum absolute atomic E-state index is 0.690. The Morgan fingerprint density at radius 1 is 1.33 bits per heavy atom. The lowest BCUT2D eigenvalue weighted by molar-refractivity contribution is -0.195. The highest BCUT2D eigenvalue weighted by Crippen LogP contribution is 2.27. The van der Waals surface area contributed by atoms with Crippen LogP contribution in [0.15, 0.2) is 0 Å². The molecule has 0 aromatic heterocycles. The van der Waals surface area contributed by atoms with Crippen LogP contribution >= 0.6 is 0 Å². The van der Waals surface area contributed by atoms with Crippen LogP contribution in [-0.4, -0.2) is 25.0 Å². The Morgan fingerprint density at radius 2 is 1.75 bits per heavy atom. The first-order valence-corrected chi connectivity index (χ1v) is 2.95. The molecule has 0 saturated heterocycles. The number of carbonyl (C=O) groups is 2. The number of Topliss-reactive ketones (excluding diaryl/α,β-unsaturated/α-hetero) is 1. The first-order chi connectivity index (χ1) is 5.30. The van der Waals surface area contributed by atoms with Crippen LogP contribution < -0.4 is 0 Å². The van der Waals surface area contributed by atoms with Crippen molar-refractivity contribution in [1.29, 1.82) is 0 Å². The van der Waals surface area contributed by atoms with E-state index >= 15 is 0 Å². The van der Waals surface area contributed by atoms with Crippen LogP contribution in [0.1, 0.15) is 6.92 Å². The van der Waals surface area contributed by atoms with E-state index in [-0.39, 0.29) is 0 Å². The van der Waals surface area contributed by atoms with E-state index in [4.69, 9.17) is 0 Å². The molecule has 0 heterocycles. The predicted octanol–water partition coefficient (Wildman–Crippen LogP) is 0.927. The minimum atomic E-state index is -4.86. The van der Waals surface area contributed by atoms with Gasteiger partial charge in [0.05, 0.1) is 7.11 Å². The zero-order chi connectivity index (χ0) is 9.94. The molecule has 0 aromatic carbocycles. The summed E-state index contributed by atoms with van der Waals surface area (Å²) in [6, 6.07) is 0. The van der Waals surface area contributed by atoms with Gasteiger partial charge in [-0.1, -0.05) is 0 Å². The summed E-state index contributed by atoms with van der Waals surface area (Å²) < 4.78 is 39.5. The normalized spacial score (nSPS) is 13.8. The molecule has 0 aliphatic rings. The average molecular weight is 184 g/mol. The number of ketones is 1. The SMILES string of the molecule is COC(=O)[C@@H](C(C)=O)C(F)(F)F. The van der Waals surface area contributed by atoms with Crippen molar-refractivity contribution in [1.82, 2.24) is 0 Å². The summed E-state index contributed by atoms with van der Waals surface area (Å²) >= 11 is 0. The molecule has 0 spiro atoms. The molecule has 0 rings (SSSR count). The summed E-state index contributed by atoms with van der Waals surface area (Å²) in [4.78, 5) is 20.8. The first kappa shape index (κ1) is 10.9. The molecule has 0 radical (unpaired) electrons. The average Bonchev–Trinajstić information content (AvgIpc) is 1.83. The third kappa shape index (κ3) is 2.52. The van der Waals surface area contributed by atoms with Crippen LogP contribution in [0.4, 0.5) is 13.2 Å². The molecule has 6 heteroatoms. The lowest BCUT2D eigenvalue weighted by Gasteiger charge is -2.14. The van der Waals surface area contributed by atoms with Gasteiger partial charge in [0.1, 0.15) is 0 Å². The Bertz CT molecular complexity index is 197. The zero-order valence-corrected chi connectivity index (χ0v) is 6.44. The van der Waals surface area contributed by atoms with Crippen molar-refractivity contribution in [2.24, 2.45) is 5.92 Å². The second-order valence-corrected chi connectivity index (χ2v) is 2.11. The van der Waals surface area contributed by atoms with Gasteiger partial charge in [-0.15, -0.1) is 0 Å². The second-order valence-electron chi connectivity index (χ2n) is 2.11. The van der Waals surface area contributed by atoms with E-state index in [9.17, 15) is 22.8 Å². The summed E-state index contributed by atoms with van der Waals surface area (Å²) in [6.07, 6.45) is -4.86. The number of methoxy groups -OCH3 is 1. The molecule has 0 aliphatic heterocycles. The molecular weight excluding hydrogens is 177 g/mol. The summed E-state index contributed by atoms with van der Waals surface area (Å²) in [6.45, 7) is 0.690. The zero-order valence-electron chi connectivity index (χ0n) is 6.44. The van der Waals surface area contributed by atoms with Crippen molar-refractivity contribution in [3.8, 4) is 0 Å². The molecule has 0 unspecified atom stereocenters. The van der Waals surface area contributed by atoms with Gasteiger partial charge in [0.25, 0.3) is 0 Å². The number of hydrogen-bond donors (Lipinski definition) is 0. The Hall–Kier alpha value is -1.07. The van der Waals surface area contributed by atoms with Gasteiger partial charge in [-0.3, -0.25) is 9.59 Å². The van der Waals surface area contributed by atoms with Crippen LogP contribution in [-0.2, 0) is 14.3 Å². The lowest BCUT2D eigenvalue weighted by atomic mass is 10.1. The Labute approximate surface area is 66.5 Å². The van der Waals surface area contributed by atoms with Gasteiger partial charge >= 0.3 is 12.1 Å². The lowest BCUT2D eigenvalue weighted by Crippen LogP contribution is -2.36. The van der Waals surface area contributed by atoms with E-state index in [0.717, 1.165) is 7.11 Å². The van der Waals surface area contributed by atoms with Gasteiger partial charge in [-0.05, 0) is 6.92 Å². The summed E-state index contributed by atoms with van der Waals surface area (Å²) in [7, 11) is 0.796. The van der Waals surface area contributed by atoms with E-state index in [0.29, 0.717) is 6.92 Å². The molecule has 70 valence electrons. The fourth-order valence-electron chi connectivity index (χ4n) is 0.648. The summed E-state index contributed by atoms with van der Waals surface area (Å²) in [5, 5.41) is 0. The monoisotopic (exact) mass is 184 g/mol. The van der Waals surface area contributed by atoms with Crippen molar-refractivity contribution in [2.45, 2.75) is 13.1 Å². The third-order valence-electron chi connectivity index (χ3n) is 1.17. The molecule has 12 heavy (non-hydrogen) atoms. The quantitative estimate of drug-likeness (QED) is 0.473. The van der Waals surface area contributed by atoms with Gasteiger partial charge in [0.15, 0.2) is 5.78 Å². The molecule has 0 saturated carbocycles. The number of carbonyl (C=O) groups excluding carboxylic acids is 2. The largest absolute Gasteiger partial charge is 0.468 e. The number of hydrogen-bond acceptors (Lipinski definition) is 3. The number of esters is 1. The number of rotatable bonds is 2. The standard InChI is InChI=1S/C6H7F3O3/c1-3(10)4(5(11)12-2)6(7,8)9/h4H,1-2H3/t4-/m1/s1. The van der Waals surface area contributed by atoms with Crippen molar-refractivity contribution >= 4 is 11.8 Å². The van der Waals surface area contributed by atoms with Crippen LogP contribution in [0.5, 0.6) is 0 Å². The molecule has 0 fully saturated rings. The maximum atomic E-state index is 11.9. The topological polar surface area (TPSA) is 43.4 Å². The van der Waals surface area contributed by atoms with E-state index in [1.54, 1.807) is 0 Å². The smallest absolute Gasteiger partial charge is 0.409 e. The molecule has 0 amide bonds. The van der Waals surface area contributed by atoms with Crippen LogP contribution in [0.25, 0.3) is 0 Å². The maximum Gasteiger partial charge on any atom is 0.409 e. The highest BCUT2D eigenvalue weighted by Gasteiger charge is 2.49. The predicted molar refractivity (Wildman–Crippen MR) is 32.2 cm³/mol. The maximum absolute atomic E-state index is 11.9. The van der Waals surface area contributed by atoms with Gasteiger partial charge in [0.2, 0.25) is 5.92 Å². The molecule has 0 aliphatic carbocycles. The molecule has 3 nitrogen and oxygen atoms in total. The van der Waals surface area contributed by atoms with Gasteiger partial charge in [0, 0.05) is 0 Å². The summed E-state index contributed by atoms with van der Waals surface area (Å²) in [5.74, 6) is -5.49. The number of ether oxygens (including phenoxy) is 1. The minimum Gasteiger partial charge on any atom is -0.468 e. The Kier molecular flexibility index (Phi) is 3.24. The van der Waals surface area contributed by atoms with Gasteiger partial charge in [-0.25, -0.2) is 0 Å². The number of halogens is 3. The third-order valence-corrected chi connectivity index (χ3v) is 1.17. The van der Waals surface area contributed by atoms with E-state index in [2.05, 4.69) is 4.74 Å². The fraction of sp³-hybridized carbons (Fsp3) is 0.667. The molecule has 0 aromatic rings. The van der Waals surface area contributed by atoms with Crippen molar-refractivity contribution in [3.05, 3.63) is 0 Å². The highest BCUT2D eigenvalue weighted by atomic mass is 19.4. The second kappa shape index (κ2) is 3.55. The molecule has 0 N–H and O–H groups in total. The number of alkyl halides is 3. The van der Waals surface area contributed by atoms with Crippen LogP contribution in [0.2, 0.25) is 0 Å². The van der Waals surface area contributed by atoms with Crippen molar-refractivity contribution in [2.75, 3.05) is 7.11 Å². The van der Waals surface area contributed by atoms with Crippen LogP contribution in [0, 0.1) is 5.92 Å². The van der Waals surface area contributed by atoms with E-state index in [1.807, 2.05) is 0 Å². The fourth-order valence-corrected chi connectivity index (χ4v) is 0.648. The van der Waals surface area contributed by atoms with Crippen LogP contribution in [0.3, 0.4) is 0 Å². The molecule has 0 bridgehead atoms. The van der Waals surface area contributed by atoms with Crippen molar-refractivity contribution in [3.63, 3.8) is 0 Å². The molecule has 1 atom stereocenters. The van der Waals surface area contributed by atoms with Gasteiger partial charge < -0.3 is 4.74 Å². The van der Waals surface area contributed by atoms with Crippen molar-refractivity contribution < 1.29 is 27.5 Å². The van der Waals surface area contributed by atoms with E-state index < -0.39 is 23.8 Å². The first-order valence-electron chi connectivity index (χ1n) is 2.95. The van der Waals surface area contributed by atoms with E-state index in [1.165, 1.54) is 0 Å². The Morgan fingerprint density at radius 3 is 1.83 bits per heavy atom. The Balaban J connectivity index is 4.68. The highest BCUT2D eigenvalue weighted by molar-refractivity contribution is 5.98. The molecular formula is C6H7F3O3.